The maximum Gasteiger partial charge on any atom is 0.253 e. The van der Waals surface area contributed by atoms with Gasteiger partial charge in [-0.2, -0.15) is 0 Å². The molecule has 132 valence electrons. The first kappa shape index (κ1) is 17.3. The highest BCUT2D eigenvalue weighted by Gasteiger charge is 2.22. The summed E-state index contributed by atoms with van der Waals surface area (Å²) >= 11 is 0. The maximum absolute atomic E-state index is 12.5. The molecule has 1 N–H and O–H groups in total. The quantitative estimate of drug-likeness (QED) is 0.908. The molecule has 0 saturated carbocycles. The van der Waals surface area contributed by atoms with Crippen LogP contribution in [0, 0.1) is 0 Å². The molecule has 0 radical (unpaired) electrons. The summed E-state index contributed by atoms with van der Waals surface area (Å²) in [6.07, 6.45) is 1.21. The fraction of sp³-hybridized carbons (Fsp3) is 0.350. The van der Waals surface area contributed by atoms with Crippen molar-refractivity contribution in [3.63, 3.8) is 0 Å². The van der Waals surface area contributed by atoms with Gasteiger partial charge in [0.1, 0.15) is 18.1 Å². The molecule has 3 rings (SSSR count). The van der Waals surface area contributed by atoms with Crippen molar-refractivity contribution in [2.45, 2.75) is 25.6 Å². The highest BCUT2D eigenvalue weighted by Crippen LogP contribution is 2.20. The van der Waals surface area contributed by atoms with Gasteiger partial charge in [0.25, 0.3) is 5.91 Å². The summed E-state index contributed by atoms with van der Waals surface area (Å²) in [7, 11) is 1.62. The van der Waals surface area contributed by atoms with Crippen molar-refractivity contribution < 1.29 is 19.4 Å². The Morgan fingerprint density at radius 3 is 2.68 bits per heavy atom. The molecule has 2 aromatic carbocycles. The van der Waals surface area contributed by atoms with E-state index < -0.39 is 6.10 Å². The summed E-state index contributed by atoms with van der Waals surface area (Å²) in [6.45, 7) is 1.54. The summed E-state index contributed by atoms with van der Waals surface area (Å²) in [5.74, 6) is 1.46. The van der Waals surface area contributed by atoms with E-state index in [0.29, 0.717) is 25.3 Å². The number of ether oxygens (including phenoxy) is 2. The molecule has 1 saturated heterocycles. The zero-order valence-corrected chi connectivity index (χ0v) is 14.4. The van der Waals surface area contributed by atoms with Gasteiger partial charge in [0, 0.05) is 24.7 Å². The molecule has 1 aliphatic rings. The first-order valence-corrected chi connectivity index (χ1v) is 8.49. The molecule has 25 heavy (non-hydrogen) atoms. The molecule has 0 bridgehead atoms. The van der Waals surface area contributed by atoms with Gasteiger partial charge in [-0.05, 0) is 42.7 Å². The largest absolute Gasteiger partial charge is 0.497 e. The highest BCUT2D eigenvalue weighted by atomic mass is 16.5. The molecule has 1 heterocycles. The summed E-state index contributed by atoms with van der Waals surface area (Å²) < 4.78 is 10.9. The Morgan fingerprint density at radius 2 is 1.96 bits per heavy atom. The fourth-order valence-electron chi connectivity index (χ4n) is 2.92. The number of hydrogen-bond donors (Lipinski definition) is 1. The lowest BCUT2D eigenvalue weighted by molar-refractivity contribution is 0.0473. The number of rotatable bonds is 5. The van der Waals surface area contributed by atoms with Gasteiger partial charge in [0.05, 0.1) is 13.2 Å². The minimum Gasteiger partial charge on any atom is -0.497 e. The first-order valence-electron chi connectivity index (χ1n) is 8.49. The molecule has 0 aromatic heterocycles. The van der Waals surface area contributed by atoms with Crippen LogP contribution in [0.1, 0.15) is 28.8 Å². The highest BCUT2D eigenvalue weighted by molar-refractivity contribution is 5.94. The second-order valence-corrected chi connectivity index (χ2v) is 6.21. The van der Waals surface area contributed by atoms with Gasteiger partial charge >= 0.3 is 0 Å². The van der Waals surface area contributed by atoms with Crippen LogP contribution in [-0.2, 0) is 6.61 Å². The van der Waals surface area contributed by atoms with Crippen LogP contribution in [0.2, 0.25) is 0 Å². The SMILES string of the molecule is COc1cccc(OCc2ccc(C(=O)N3CCC[C@@H](O)C3)cc2)c1. The Morgan fingerprint density at radius 1 is 1.20 bits per heavy atom. The van der Waals surface area contributed by atoms with Crippen LogP contribution in [0.4, 0.5) is 0 Å². The Balaban J connectivity index is 1.59. The van der Waals surface area contributed by atoms with Crippen molar-refractivity contribution in [3.8, 4) is 11.5 Å². The Kier molecular flexibility index (Phi) is 5.56. The Bertz CT molecular complexity index is 714. The number of aliphatic hydroxyl groups is 1. The first-order chi connectivity index (χ1) is 12.2. The number of aliphatic hydroxyl groups excluding tert-OH is 1. The minimum absolute atomic E-state index is 0.0287. The second kappa shape index (κ2) is 8.03. The predicted molar refractivity (Wildman–Crippen MR) is 94.9 cm³/mol. The van der Waals surface area contributed by atoms with E-state index in [1.807, 2.05) is 48.5 Å². The smallest absolute Gasteiger partial charge is 0.253 e. The van der Waals surface area contributed by atoms with E-state index in [1.165, 1.54) is 0 Å². The lowest BCUT2D eigenvalue weighted by Crippen LogP contribution is -2.42. The van der Waals surface area contributed by atoms with Gasteiger partial charge in [0.2, 0.25) is 0 Å². The van der Waals surface area contributed by atoms with Gasteiger partial charge in [-0.1, -0.05) is 18.2 Å². The molecule has 5 heteroatoms. The number of amides is 1. The Labute approximate surface area is 147 Å². The molecule has 0 aliphatic carbocycles. The molecule has 1 amide bonds. The number of nitrogens with zero attached hydrogens (tertiary/aromatic N) is 1. The van der Waals surface area contributed by atoms with Gasteiger partial charge < -0.3 is 19.5 Å². The summed E-state index contributed by atoms with van der Waals surface area (Å²) in [4.78, 5) is 14.2. The molecule has 5 nitrogen and oxygen atoms in total. The number of carbonyl (C=O) groups excluding carboxylic acids is 1. The number of piperidine rings is 1. The van der Waals surface area contributed by atoms with E-state index in [9.17, 15) is 9.90 Å². The monoisotopic (exact) mass is 341 g/mol. The number of likely N-dealkylation sites (tertiary alicyclic amines) is 1. The number of β-amino-alcohol motifs (C(OH)–C–C–N with tert-alkyl or cyclic N) is 1. The maximum atomic E-state index is 12.5. The lowest BCUT2D eigenvalue weighted by atomic mass is 10.1. The van der Waals surface area contributed by atoms with Crippen LogP contribution < -0.4 is 9.47 Å². The Hall–Kier alpha value is -2.53. The fourth-order valence-corrected chi connectivity index (χ4v) is 2.92. The van der Waals surface area contributed by atoms with E-state index in [1.54, 1.807) is 12.0 Å². The molecule has 1 atom stereocenters. The molecule has 1 aliphatic heterocycles. The third kappa shape index (κ3) is 4.51. The van der Waals surface area contributed by atoms with Crippen LogP contribution in [0.25, 0.3) is 0 Å². The number of hydrogen-bond acceptors (Lipinski definition) is 4. The predicted octanol–water partition coefficient (Wildman–Crippen LogP) is 2.87. The zero-order valence-electron chi connectivity index (χ0n) is 14.4. The molecule has 0 unspecified atom stereocenters. The second-order valence-electron chi connectivity index (χ2n) is 6.21. The average Bonchev–Trinajstić information content (AvgIpc) is 2.66. The molecule has 1 fully saturated rings. The van der Waals surface area contributed by atoms with Crippen LogP contribution in [0.15, 0.2) is 48.5 Å². The summed E-state index contributed by atoms with van der Waals surface area (Å²) in [5, 5.41) is 9.72. The van der Waals surface area contributed by atoms with E-state index >= 15 is 0 Å². The van der Waals surface area contributed by atoms with Gasteiger partial charge in [-0.3, -0.25) is 4.79 Å². The normalized spacial score (nSPS) is 17.2. The molecule has 2 aromatic rings. The van der Waals surface area contributed by atoms with Crippen molar-refractivity contribution in [2.24, 2.45) is 0 Å². The number of benzene rings is 2. The van der Waals surface area contributed by atoms with Crippen LogP contribution in [0.5, 0.6) is 11.5 Å². The standard InChI is InChI=1S/C20H23NO4/c1-24-18-5-2-6-19(12-18)25-14-15-7-9-16(10-8-15)20(23)21-11-3-4-17(22)13-21/h2,5-10,12,17,22H,3-4,11,13-14H2,1H3/t17-/m1/s1. The molecular weight excluding hydrogens is 318 g/mol. The van der Waals surface area contributed by atoms with Crippen molar-refractivity contribution >= 4 is 5.91 Å². The van der Waals surface area contributed by atoms with Gasteiger partial charge in [0.15, 0.2) is 0 Å². The van der Waals surface area contributed by atoms with Crippen LogP contribution in [-0.4, -0.2) is 42.2 Å². The van der Waals surface area contributed by atoms with E-state index in [2.05, 4.69) is 0 Å². The minimum atomic E-state index is -0.409. The third-order valence-electron chi connectivity index (χ3n) is 4.33. The third-order valence-corrected chi connectivity index (χ3v) is 4.33. The van der Waals surface area contributed by atoms with Gasteiger partial charge in [-0.15, -0.1) is 0 Å². The van der Waals surface area contributed by atoms with Crippen molar-refractivity contribution in [3.05, 3.63) is 59.7 Å². The molecule has 0 spiro atoms. The number of methoxy groups -OCH3 is 1. The van der Waals surface area contributed by atoms with Crippen molar-refractivity contribution in [1.82, 2.24) is 4.90 Å². The van der Waals surface area contributed by atoms with Gasteiger partial charge in [-0.25, -0.2) is 0 Å². The summed E-state index contributed by atoms with van der Waals surface area (Å²) in [6, 6.07) is 14.9. The topological polar surface area (TPSA) is 59.0 Å². The van der Waals surface area contributed by atoms with Crippen molar-refractivity contribution in [1.29, 1.82) is 0 Å². The van der Waals surface area contributed by atoms with E-state index in [0.717, 1.165) is 29.9 Å². The lowest BCUT2D eigenvalue weighted by Gasteiger charge is -2.30. The van der Waals surface area contributed by atoms with Crippen LogP contribution in [0.3, 0.4) is 0 Å². The zero-order chi connectivity index (χ0) is 17.6. The van der Waals surface area contributed by atoms with E-state index in [4.69, 9.17) is 9.47 Å². The number of carbonyl (C=O) groups is 1. The molecular formula is C20H23NO4. The van der Waals surface area contributed by atoms with Crippen molar-refractivity contribution in [2.75, 3.05) is 20.2 Å². The average molecular weight is 341 g/mol. The summed E-state index contributed by atoms with van der Waals surface area (Å²) in [5.41, 5.74) is 1.62. The van der Waals surface area contributed by atoms with Crippen LogP contribution >= 0.6 is 0 Å². The van der Waals surface area contributed by atoms with E-state index in [-0.39, 0.29) is 5.91 Å².